The molecule has 5 rings (SSSR count). The van der Waals surface area contributed by atoms with E-state index in [9.17, 15) is 8.78 Å². The number of anilines is 2. The molecule has 3 aromatic carbocycles. The van der Waals surface area contributed by atoms with Crippen LogP contribution in [0, 0.1) is 11.2 Å². The summed E-state index contributed by atoms with van der Waals surface area (Å²) < 4.78 is 53.5. The molecular weight excluding hydrogens is 588 g/mol. The van der Waals surface area contributed by atoms with Crippen molar-refractivity contribution < 1.29 is 17.9 Å². The second-order valence-corrected chi connectivity index (χ2v) is 13.9. The summed E-state index contributed by atoms with van der Waals surface area (Å²) in [6, 6.07) is 20.9. The molecule has 1 atom stereocenters. The van der Waals surface area contributed by atoms with E-state index >= 15 is 4.39 Å². The average molecular weight is 626 g/mol. The molecule has 43 heavy (non-hydrogen) atoms. The second-order valence-electron chi connectivity index (χ2n) is 12.1. The summed E-state index contributed by atoms with van der Waals surface area (Å²) in [5, 5.41) is 3.87. The van der Waals surface area contributed by atoms with E-state index in [4.69, 9.17) is 9.72 Å². The molecule has 4 nitrogen and oxygen atoms in total. The summed E-state index contributed by atoms with van der Waals surface area (Å²) in [5.41, 5.74) is 3.13. The first kappa shape index (κ1) is 31.3. The molecule has 0 fully saturated rings. The van der Waals surface area contributed by atoms with Crippen LogP contribution >= 0.6 is 23.3 Å². The maximum atomic E-state index is 15.3. The van der Waals surface area contributed by atoms with Gasteiger partial charge in [0.15, 0.2) is 17.6 Å². The highest BCUT2D eigenvalue weighted by Crippen LogP contribution is 2.44. The smallest absolute Gasteiger partial charge is 0.286 e. The molecule has 4 aromatic rings. The van der Waals surface area contributed by atoms with Crippen LogP contribution in [0.2, 0.25) is 0 Å². The molecule has 1 aromatic heterocycles. The number of hydrogen-bond acceptors (Lipinski definition) is 6. The molecule has 0 aliphatic carbocycles. The lowest BCUT2D eigenvalue weighted by Crippen LogP contribution is -2.39. The molecule has 9 heteroatoms. The third kappa shape index (κ3) is 7.32. The van der Waals surface area contributed by atoms with Crippen molar-refractivity contribution in [1.82, 2.24) is 4.98 Å². The number of nitrogens with zero attached hydrogens (tertiary/aromatic N) is 1. The minimum atomic E-state index is -3.00. The number of aromatic nitrogens is 1. The Kier molecular flexibility index (Phi) is 9.61. The molecule has 0 saturated carbocycles. The standard InChI is InChI=1S/C34H38F3N3OS2/c1-22-12-6-5-9-19-38-27-17-11-18-28(29(27)35)43-40-32-39-30(26-16-8-7-15-25(22)26)31(42-32)23-13-10-14-24(20-23)41-21-34(36,37)33(2,3)4/h7-8,10-11,13-18,20,22,38H,5-6,9,12,19,21H2,1-4H3,(H,39,40). The Labute approximate surface area is 260 Å². The molecule has 4 bridgehead atoms. The number of ether oxygens (including phenoxy) is 1. The zero-order valence-electron chi connectivity index (χ0n) is 25.0. The number of benzene rings is 3. The molecule has 2 N–H and O–H groups in total. The summed E-state index contributed by atoms with van der Waals surface area (Å²) in [4.78, 5) is 6.37. The van der Waals surface area contributed by atoms with Gasteiger partial charge >= 0.3 is 0 Å². The Morgan fingerprint density at radius 3 is 2.58 bits per heavy atom. The quantitative estimate of drug-likeness (QED) is 0.221. The predicted octanol–water partition coefficient (Wildman–Crippen LogP) is 10.9. The van der Waals surface area contributed by atoms with Crippen LogP contribution in [0.3, 0.4) is 0 Å². The highest BCUT2D eigenvalue weighted by Gasteiger charge is 2.43. The molecule has 0 radical (unpaired) electrons. The van der Waals surface area contributed by atoms with Crippen molar-refractivity contribution in [1.29, 1.82) is 0 Å². The summed E-state index contributed by atoms with van der Waals surface area (Å²) in [7, 11) is 0. The van der Waals surface area contributed by atoms with Crippen LogP contribution in [0.1, 0.15) is 64.9 Å². The Bertz CT molecular complexity index is 1550. The minimum Gasteiger partial charge on any atom is -0.487 e. The van der Waals surface area contributed by atoms with Crippen molar-refractivity contribution in [2.45, 2.75) is 70.1 Å². The van der Waals surface area contributed by atoms with Gasteiger partial charge in [-0.15, -0.1) is 0 Å². The fourth-order valence-corrected chi connectivity index (χ4v) is 6.67. The van der Waals surface area contributed by atoms with Gasteiger partial charge in [0.2, 0.25) is 0 Å². The number of halogens is 3. The number of rotatable bonds is 4. The fraction of sp³-hybridized carbons (Fsp3) is 0.382. The van der Waals surface area contributed by atoms with E-state index < -0.39 is 17.9 Å². The van der Waals surface area contributed by atoms with Crippen LogP contribution in [-0.4, -0.2) is 24.1 Å². The van der Waals surface area contributed by atoms with E-state index in [-0.39, 0.29) is 5.82 Å². The van der Waals surface area contributed by atoms with Gasteiger partial charge in [-0.2, -0.15) is 0 Å². The minimum absolute atomic E-state index is 0.294. The molecule has 1 unspecified atom stereocenters. The Morgan fingerprint density at radius 1 is 0.977 bits per heavy atom. The normalized spacial score (nSPS) is 16.4. The van der Waals surface area contributed by atoms with Crippen LogP contribution in [-0.2, 0) is 0 Å². The van der Waals surface area contributed by atoms with Gasteiger partial charge in [0.25, 0.3) is 5.92 Å². The molecule has 228 valence electrons. The highest BCUT2D eigenvalue weighted by molar-refractivity contribution is 8.00. The molecule has 0 amide bonds. The second kappa shape index (κ2) is 13.2. The topological polar surface area (TPSA) is 46.2 Å². The Morgan fingerprint density at radius 2 is 1.77 bits per heavy atom. The first-order valence-corrected chi connectivity index (χ1v) is 16.3. The lowest BCUT2D eigenvalue weighted by molar-refractivity contribution is -0.123. The number of thiazole rings is 1. The SMILES string of the molecule is CC1CCCCCNc2cccc(c2F)SNc2nc(c(-c3cccc(OCC(F)(F)C(C)(C)C)c3)s2)-c2ccccc21. The third-order valence-corrected chi connectivity index (χ3v) is 9.81. The first-order chi connectivity index (χ1) is 20.5. The Hall–Kier alpha value is -3.17. The van der Waals surface area contributed by atoms with Gasteiger partial charge in [-0.05, 0) is 66.1 Å². The predicted molar refractivity (Wildman–Crippen MR) is 174 cm³/mol. The number of fused-ring (bicyclic) bond motifs is 6. The lowest BCUT2D eigenvalue weighted by Gasteiger charge is -2.30. The maximum Gasteiger partial charge on any atom is 0.286 e. The van der Waals surface area contributed by atoms with E-state index in [1.807, 2.05) is 24.3 Å². The maximum absolute atomic E-state index is 15.3. The van der Waals surface area contributed by atoms with Gasteiger partial charge in [0.1, 0.15) is 5.75 Å². The average Bonchev–Trinajstić information content (AvgIpc) is 3.41. The number of hydrogen-bond donors (Lipinski definition) is 2. The molecule has 1 aliphatic heterocycles. The summed E-state index contributed by atoms with van der Waals surface area (Å²) in [5.74, 6) is -2.61. The van der Waals surface area contributed by atoms with Crippen molar-refractivity contribution >= 4 is 34.1 Å². The van der Waals surface area contributed by atoms with Crippen LogP contribution in [0.4, 0.5) is 24.0 Å². The van der Waals surface area contributed by atoms with Gasteiger partial charge in [0, 0.05) is 17.5 Å². The van der Waals surface area contributed by atoms with E-state index in [1.165, 1.54) is 49.6 Å². The summed E-state index contributed by atoms with van der Waals surface area (Å²) in [6.07, 6.45) is 4.09. The van der Waals surface area contributed by atoms with Crippen LogP contribution in [0.5, 0.6) is 5.75 Å². The van der Waals surface area contributed by atoms with E-state index in [0.29, 0.717) is 27.4 Å². The van der Waals surface area contributed by atoms with Crippen molar-refractivity contribution in [2.24, 2.45) is 5.41 Å². The zero-order chi connectivity index (χ0) is 30.6. The highest BCUT2D eigenvalue weighted by atomic mass is 32.2. The van der Waals surface area contributed by atoms with E-state index in [1.54, 1.807) is 24.3 Å². The van der Waals surface area contributed by atoms with Gasteiger partial charge in [0.05, 0.1) is 21.2 Å². The zero-order valence-corrected chi connectivity index (χ0v) is 26.6. The molecule has 2 heterocycles. The summed E-state index contributed by atoms with van der Waals surface area (Å²) >= 11 is 2.62. The number of nitrogens with one attached hydrogen (secondary N) is 2. The molecule has 1 aliphatic rings. The molecule has 0 spiro atoms. The van der Waals surface area contributed by atoms with Crippen LogP contribution in [0.15, 0.2) is 71.6 Å². The summed E-state index contributed by atoms with van der Waals surface area (Å²) in [6.45, 7) is 6.78. The van der Waals surface area contributed by atoms with Gasteiger partial charge in [-0.3, -0.25) is 0 Å². The van der Waals surface area contributed by atoms with Gasteiger partial charge < -0.3 is 14.8 Å². The van der Waals surface area contributed by atoms with Crippen molar-refractivity contribution in [2.75, 3.05) is 23.2 Å². The van der Waals surface area contributed by atoms with E-state index in [0.717, 1.165) is 53.9 Å². The van der Waals surface area contributed by atoms with Gasteiger partial charge in [-0.1, -0.05) is 94.3 Å². The first-order valence-electron chi connectivity index (χ1n) is 14.7. The third-order valence-electron chi connectivity index (χ3n) is 7.83. The van der Waals surface area contributed by atoms with Crippen molar-refractivity contribution in [3.05, 3.63) is 78.1 Å². The van der Waals surface area contributed by atoms with Crippen molar-refractivity contribution in [3.8, 4) is 27.4 Å². The fourth-order valence-electron chi connectivity index (χ4n) is 4.96. The van der Waals surface area contributed by atoms with E-state index in [2.05, 4.69) is 35.2 Å². The van der Waals surface area contributed by atoms with Crippen molar-refractivity contribution in [3.63, 3.8) is 0 Å². The molecular formula is C34H38F3N3OS2. The van der Waals surface area contributed by atoms with Crippen LogP contribution in [0.25, 0.3) is 21.7 Å². The monoisotopic (exact) mass is 625 g/mol. The molecule has 0 saturated heterocycles. The largest absolute Gasteiger partial charge is 0.487 e. The van der Waals surface area contributed by atoms with Gasteiger partial charge in [-0.25, -0.2) is 18.2 Å². The number of alkyl halides is 2. The Balaban J connectivity index is 1.54. The lowest BCUT2D eigenvalue weighted by atomic mass is 9.88. The van der Waals surface area contributed by atoms with Crippen LogP contribution < -0.4 is 14.8 Å².